The molecule has 0 unspecified atom stereocenters. The third-order valence-corrected chi connectivity index (χ3v) is 2.87. The summed E-state index contributed by atoms with van der Waals surface area (Å²) in [5, 5.41) is 27.9. The molecule has 0 radical (unpaired) electrons. The zero-order valence-corrected chi connectivity index (χ0v) is 11.4. The Balaban J connectivity index is 2.06. The molecule has 3 N–H and O–H groups in total. The average molecular weight is 306 g/mol. The van der Waals surface area contributed by atoms with E-state index in [-0.39, 0.29) is 0 Å². The Morgan fingerprint density at radius 1 is 1.36 bits per heavy atom. The Labute approximate surface area is 125 Å². The molecule has 1 aliphatic heterocycles. The fourth-order valence-electron chi connectivity index (χ4n) is 1.77. The van der Waals surface area contributed by atoms with E-state index in [4.69, 9.17) is 9.84 Å². The smallest absolute Gasteiger partial charge is 0.378 e. The van der Waals surface area contributed by atoms with Crippen LogP contribution < -0.4 is 0 Å². The Hall–Kier alpha value is -2.64. The normalized spacial score (nSPS) is 19.4. The number of esters is 2. The predicted molar refractivity (Wildman–Crippen MR) is 74.2 cm³/mol. The fraction of sp³-hybridized carbons (Fsp3) is 0.200. The van der Waals surface area contributed by atoms with Crippen molar-refractivity contribution in [3.63, 3.8) is 0 Å². The number of carbonyl (C=O) groups is 2. The minimum atomic E-state index is -1.50. The molecule has 1 heterocycles. The van der Waals surface area contributed by atoms with Crippen LogP contribution >= 0.6 is 0 Å². The number of cyclic esters (lactones) is 1. The number of aliphatic hydroxyl groups is 3. The highest BCUT2D eigenvalue weighted by Crippen LogP contribution is 2.24. The first kappa shape index (κ1) is 15.7. The van der Waals surface area contributed by atoms with E-state index in [1.807, 2.05) is 6.07 Å². The van der Waals surface area contributed by atoms with Crippen LogP contribution in [0, 0.1) is 0 Å². The highest BCUT2D eigenvalue weighted by Gasteiger charge is 2.41. The van der Waals surface area contributed by atoms with Gasteiger partial charge in [0.05, 0.1) is 6.61 Å². The lowest BCUT2D eigenvalue weighted by Crippen LogP contribution is -2.31. The maximum absolute atomic E-state index is 11.6. The van der Waals surface area contributed by atoms with Gasteiger partial charge in [0.2, 0.25) is 0 Å². The standard InChI is InChI=1S/C15H14O7/c16-8-10(17)13-12(19)14(15(20)22-13)21-11(18)7-6-9-4-2-1-3-5-9/h1-7,10,13,16-17,19H,8H2/t10-,13+/m0/s1. The van der Waals surface area contributed by atoms with E-state index in [1.165, 1.54) is 6.08 Å². The van der Waals surface area contributed by atoms with Gasteiger partial charge in [-0.05, 0) is 11.6 Å². The van der Waals surface area contributed by atoms with Crippen LogP contribution in [0.2, 0.25) is 0 Å². The summed E-state index contributed by atoms with van der Waals surface area (Å²) in [6.45, 7) is -0.725. The second-order valence-electron chi connectivity index (χ2n) is 4.46. The van der Waals surface area contributed by atoms with Gasteiger partial charge in [-0.1, -0.05) is 30.3 Å². The number of hydrogen-bond donors (Lipinski definition) is 3. The summed E-state index contributed by atoms with van der Waals surface area (Å²) < 4.78 is 9.35. The number of carbonyl (C=O) groups excluding carboxylic acids is 2. The molecule has 0 aliphatic carbocycles. The zero-order valence-electron chi connectivity index (χ0n) is 11.4. The highest BCUT2D eigenvalue weighted by molar-refractivity contribution is 5.95. The summed E-state index contributed by atoms with van der Waals surface area (Å²) in [5.41, 5.74) is 0.750. The Morgan fingerprint density at radius 3 is 2.68 bits per heavy atom. The van der Waals surface area contributed by atoms with Crippen LogP contribution in [-0.4, -0.2) is 46.1 Å². The summed E-state index contributed by atoms with van der Waals surface area (Å²) in [6.07, 6.45) is -0.391. The highest BCUT2D eigenvalue weighted by atomic mass is 16.6. The first-order valence-corrected chi connectivity index (χ1v) is 6.41. The SMILES string of the molecule is O=C(C=Cc1ccccc1)OC1=C(O)[C@@H]([C@@H](O)CO)OC1=O. The van der Waals surface area contributed by atoms with Gasteiger partial charge >= 0.3 is 11.9 Å². The second kappa shape index (κ2) is 6.88. The van der Waals surface area contributed by atoms with Gasteiger partial charge in [0.25, 0.3) is 5.76 Å². The molecule has 0 saturated heterocycles. The fourth-order valence-corrected chi connectivity index (χ4v) is 1.77. The molecule has 2 atom stereocenters. The van der Waals surface area contributed by atoms with Gasteiger partial charge in [0, 0.05) is 6.08 Å². The van der Waals surface area contributed by atoms with E-state index in [2.05, 4.69) is 4.74 Å². The van der Waals surface area contributed by atoms with E-state index < -0.39 is 42.3 Å². The molecule has 0 spiro atoms. The van der Waals surface area contributed by atoms with E-state index in [0.717, 1.165) is 11.6 Å². The van der Waals surface area contributed by atoms with Gasteiger partial charge in [-0.25, -0.2) is 9.59 Å². The largest absolute Gasteiger partial charge is 0.505 e. The summed E-state index contributed by atoms with van der Waals surface area (Å²) >= 11 is 0. The Bertz CT molecular complexity index is 618. The molecular weight excluding hydrogens is 292 g/mol. The average Bonchev–Trinajstić information content (AvgIpc) is 2.81. The van der Waals surface area contributed by atoms with Crippen molar-refractivity contribution in [3.05, 3.63) is 53.5 Å². The van der Waals surface area contributed by atoms with Crippen molar-refractivity contribution in [2.75, 3.05) is 6.61 Å². The molecule has 7 nitrogen and oxygen atoms in total. The molecule has 0 amide bonds. The summed E-state index contributed by atoms with van der Waals surface area (Å²) in [5.74, 6) is -3.40. The van der Waals surface area contributed by atoms with Crippen LogP contribution in [0.1, 0.15) is 5.56 Å². The Kier molecular flexibility index (Phi) is 4.92. The molecule has 0 fully saturated rings. The minimum Gasteiger partial charge on any atom is -0.505 e. The monoisotopic (exact) mass is 306 g/mol. The molecule has 22 heavy (non-hydrogen) atoms. The molecule has 1 aromatic carbocycles. The van der Waals surface area contributed by atoms with Gasteiger partial charge in [-0.3, -0.25) is 0 Å². The summed E-state index contributed by atoms with van der Waals surface area (Å²) in [7, 11) is 0. The minimum absolute atomic E-state index is 0.694. The van der Waals surface area contributed by atoms with Crippen molar-refractivity contribution in [2.24, 2.45) is 0 Å². The maximum atomic E-state index is 11.6. The van der Waals surface area contributed by atoms with Crippen molar-refractivity contribution in [3.8, 4) is 0 Å². The molecule has 1 aromatic rings. The van der Waals surface area contributed by atoms with Gasteiger partial charge in [-0.2, -0.15) is 0 Å². The topological polar surface area (TPSA) is 113 Å². The van der Waals surface area contributed by atoms with Crippen molar-refractivity contribution in [2.45, 2.75) is 12.2 Å². The van der Waals surface area contributed by atoms with Crippen LogP contribution in [0.25, 0.3) is 6.08 Å². The van der Waals surface area contributed by atoms with Crippen LogP contribution in [0.4, 0.5) is 0 Å². The molecule has 1 aliphatic rings. The quantitative estimate of drug-likeness (QED) is 0.529. The van der Waals surface area contributed by atoms with Gasteiger partial charge in [0.15, 0.2) is 11.9 Å². The first-order valence-electron chi connectivity index (χ1n) is 6.41. The number of rotatable bonds is 5. The zero-order chi connectivity index (χ0) is 16.1. The van der Waals surface area contributed by atoms with Crippen LogP contribution in [0.15, 0.2) is 47.9 Å². The number of benzene rings is 1. The predicted octanol–water partition coefficient (Wildman–Crippen LogP) is 0.291. The third-order valence-electron chi connectivity index (χ3n) is 2.87. The van der Waals surface area contributed by atoms with Crippen LogP contribution in [0.5, 0.6) is 0 Å². The van der Waals surface area contributed by atoms with Gasteiger partial charge in [0.1, 0.15) is 6.10 Å². The maximum Gasteiger partial charge on any atom is 0.378 e. The summed E-state index contributed by atoms with van der Waals surface area (Å²) in [4.78, 5) is 23.1. The number of hydrogen-bond acceptors (Lipinski definition) is 7. The van der Waals surface area contributed by atoms with Gasteiger partial charge < -0.3 is 24.8 Å². The lowest BCUT2D eigenvalue weighted by atomic mass is 10.2. The van der Waals surface area contributed by atoms with E-state index in [0.29, 0.717) is 0 Å². The van der Waals surface area contributed by atoms with Gasteiger partial charge in [-0.15, -0.1) is 0 Å². The molecule has 7 heteroatoms. The number of aliphatic hydroxyl groups excluding tert-OH is 3. The lowest BCUT2D eigenvalue weighted by Gasteiger charge is -2.13. The lowest BCUT2D eigenvalue weighted by molar-refractivity contribution is -0.151. The first-order chi connectivity index (χ1) is 10.5. The van der Waals surface area contributed by atoms with Crippen molar-refractivity contribution < 1.29 is 34.4 Å². The van der Waals surface area contributed by atoms with E-state index in [9.17, 15) is 19.8 Å². The molecule has 0 aromatic heterocycles. The molecule has 0 bridgehead atoms. The van der Waals surface area contributed by atoms with Crippen molar-refractivity contribution >= 4 is 18.0 Å². The molecule has 116 valence electrons. The second-order valence-corrected chi connectivity index (χ2v) is 4.46. The van der Waals surface area contributed by atoms with Crippen molar-refractivity contribution in [1.29, 1.82) is 0 Å². The number of ether oxygens (including phenoxy) is 2. The molecule has 2 rings (SSSR count). The van der Waals surface area contributed by atoms with Crippen LogP contribution in [0.3, 0.4) is 0 Å². The van der Waals surface area contributed by atoms with Crippen LogP contribution in [-0.2, 0) is 19.1 Å². The van der Waals surface area contributed by atoms with E-state index >= 15 is 0 Å². The Morgan fingerprint density at radius 2 is 2.05 bits per heavy atom. The van der Waals surface area contributed by atoms with E-state index in [1.54, 1.807) is 24.3 Å². The summed E-state index contributed by atoms with van der Waals surface area (Å²) in [6, 6.07) is 8.92. The molecular formula is C15H14O7. The van der Waals surface area contributed by atoms with Crippen molar-refractivity contribution in [1.82, 2.24) is 0 Å². The molecule has 0 saturated carbocycles. The third kappa shape index (κ3) is 3.51.